The molecule has 0 saturated heterocycles. The Bertz CT molecular complexity index is 182. The Kier molecular flexibility index (Phi) is 17.9. The number of aliphatic hydroxyl groups is 1. The Labute approximate surface area is 133 Å². The summed E-state index contributed by atoms with van der Waals surface area (Å²) in [5.74, 6) is 0.712. The lowest BCUT2D eigenvalue weighted by atomic mass is 9.95. The van der Waals surface area contributed by atoms with E-state index in [4.69, 9.17) is 9.84 Å². The molecule has 0 aromatic carbocycles. The molecule has 21 heavy (non-hydrogen) atoms. The Morgan fingerprint density at radius 2 is 1.19 bits per heavy atom. The van der Waals surface area contributed by atoms with Crippen molar-refractivity contribution in [3.05, 3.63) is 0 Å². The van der Waals surface area contributed by atoms with Gasteiger partial charge >= 0.3 is 0 Å². The number of hydrogen-bond acceptors (Lipinski definition) is 2. The van der Waals surface area contributed by atoms with Crippen LogP contribution in [0.4, 0.5) is 0 Å². The highest BCUT2D eigenvalue weighted by Crippen LogP contribution is 2.19. The summed E-state index contributed by atoms with van der Waals surface area (Å²) < 4.78 is 5.56. The minimum absolute atomic E-state index is 0.153. The van der Waals surface area contributed by atoms with Gasteiger partial charge in [0.2, 0.25) is 0 Å². The average molecular weight is 301 g/mol. The van der Waals surface area contributed by atoms with Crippen molar-refractivity contribution in [2.75, 3.05) is 19.8 Å². The monoisotopic (exact) mass is 300 g/mol. The molecule has 0 aromatic rings. The van der Waals surface area contributed by atoms with E-state index in [9.17, 15) is 0 Å². The van der Waals surface area contributed by atoms with Crippen LogP contribution >= 0.6 is 0 Å². The third-order valence-electron chi connectivity index (χ3n) is 4.27. The van der Waals surface area contributed by atoms with Crippen molar-refractivity contribution in [2.45, 2.75) is 97.3 Å². The summed E-state index contributed by atoms with van der Waals surface area (Å²) in [6.07, 6.45) is 17.7. The van der Waals surface area contributed by atoms with E-state index in [1.807, 2.05) is 0 Å². The van der Waals surface area contributed by atoms with Gasteiger partial charge in [-0.2, -0.15) is 0 Å². The number of unbranched alkanes of at least 4 members (excludes halogenated alkanes) is 9. The first-order valence-corrected chi connectivity index (χ1v) is 9.53. The molecule has 0 aliphatic heterocycles. The highest BCUT2D eigenvalue weighted by atomic mass is 16.5. The van der Waals surface area contributed by atoms with Gasteiger partial charge in [0, 0.05) is 6.61 Å². The van der Waals surface area contributed by atoms with Crippen molar-refractivity contribution in [1.29, 1.82) is 0 Å². The Hall–Kier alpha value is -0.0800. The van der Waals surface area contributed by atoms with Gasteiger partial charge in [-0.3, -0.25) is 0 Å². The molecule has 0 bridgehead atoms. The van der Waals surface area contributed by atoms with E-state index in [0.29, 0.717) is 12.5 Å². The molecule has 1 atom stereocenters. The van der Waals surface area contributed by atoms with Crippen LogP contribution < -0.4 is 0 Å². The zero-order valence-electron chi connectivity index (χ0n) is 14.7. The number of rotatable bonds is 17. The molecule has 0 heterocycles. The maximum Gasteiger partial charge on any atom is 0.0697 e. The standard InChI is InChI=1S/C19H40O2/c1-3-5-7-9-10-11-13-15-19(18-21-17-16-20)14-12-8-6-4-2/h19-20H,3-18H2,1-2H3. The first-order chi connectivity index (χ1) is 10.3. The molecule has 0 aliphatic rings. The highest BCUT2D eigenvalue weighted by Gasteiger charge is 2.08. The van der Waals surface area contributed by atoms with Crippen LogP contribution in [0, 0.1) is 5.92 Å². The molecule has 2 heteroatoms. The van der Waals surface area contributed by atoms with E-state index in [-0.39, 0.29) is 6.61 Å². The largest absolute Gasteiger partial charge is 0.394 e. The van der Waals surface area contributed by atoms with Gasteiger partial charge < -0.3 is 9.84 Å². The van der Waals surface area contributed by atoms with Crippen LogP contribution in [0.3, 0.4) is 0 Å². The van der Waals surface area contributed by atoms with Gasteiger partial charge in [-0.25, -0.2) is 0 Å². The second-order valence-electron chi connectivity index (χ2n) is 6.42. The van der Waals surface area contributed by atoms with Crippen molar-refractivity contribution in [2.24, 2.45) is 5.92 Å². The summed E-state index contributed by atoms with van der Waals surface area (Å²) in [4.78, 5) is 0. The molecule has 1 N–H and O–H groups in total. The van der Waals surface area contributed by atoms with Gasteiger partial charge in [0.25, 0.3) is 0 Å². The minimum atomic E-state index is 0.153. The maximum absolute atomic E-state index is 8.82. The summed E-state index contributed by atoms with van der Waals surface area (Å²) >= 11 is 0. The van der Waals surface area contributed by atoms with E-state index in [2.05, 4.69) is 13.8 Å². The van der Waals surface area contributed by atoms with Crippen molar-refractivity contribution in [3.63, 3.8) is 0 Å². The zero-order chi connectivity index (χ0) is 15.6. The van der Waals surface area contributed by atoms with Crippen molar-refractivity contribution in [3.8, 4) is 0 Å². The fourth-order valence-electron chi connectivity index (χ4n) is 2.88. The molecule has 128 valence electrons. The molecular formula is C19H40O2. The maximum atomic E-state index is 8.82. The first kappa shape index (κ1) is 20.9. The molecule has 1 unspecified atom stereocenters. The number of hydrogen-bond donors (Lipinski definition) is 1. The number of ether oxygens (including phenoxy) is 1. The molecule has 2 nitrogen and oxygen atoms in total. The van der Waals surface area contributed by atoms with Gasteiger partial charge in [-0.05, 0) is 18.8 Å². The van der Waals surface area contributed by atoms with E-state index in [1.165, 1.54) is 83.5 Å². The van der Waals surface area contributed by atoms with Crippen LogP contribution in [0.25, 0.3) is 0 Å². The van der Waals surface area contributed by atoms with Gasteiger partial charge in [0.15, 0.2) is 0 Å². The molecule has 0 aromatic heterocycles. The van der Waals surface area contributed by atoms with Crippen LogP contribution in [0.15, 0.2) is 0 Å². The lowest BCUT2D eigenvalue weighted by molar-refractivity contribution is 0.0620. The third kappa shape index (κ3) is 16.1. The lowest BCUT2D eigenvalue weighted by Crippen LogP contribution is -2.12. The molecule has 0 aliphatic carbocycles. The van der Waals surface area contributed by atoms with Gasteiger partial charge in [0.1, 0.15) is 0 Å². The fourth-order valence-corrected chi connectivity index (χ4v) is 2.88. The smallest absolute Gasteiger partial charge is 0.0697 e. The van der Waals surface area contributed by atoms with Crippen LogP contribution in [0.2, 0.25) is 0 Å². The summed E-state index contributed by atoms with van der Waals surface area (Å²) in [5, 5.41) is 8.82. The SMILES string of the molecule is CCCCCCCCCC(CCCCCC)COCCO. The van der Waals surface area contributed by atoms with Crippen LogP contribution in [-0.4, -0.2) is 24.9 Å². The Balaban J connectivity index is 3.61. The van der Waals surface area contributed by atoms with Gasteiger partial charge in [-0.15, -0.1) is 0 Å². The summed E-state index contributed by atoms with van der Waals surface area (Å²) in [5.41, 5.74) is 0. The molecule has 0 rings (SSSR count). The molecule has 0 radical (unpaired) electrons. The van der Waals surface area contributed by atoms with Crippen molar-refractivity contribution < 1.29 is 9.84 Å². The Morgan fingerprint density at radius 3 is 1.71 bits per heavy atom. The predicted molar refractivity (Wildman–Crippen MR) is 92.8 cm³/mol. The van der Waals surface area contributed by atoms with E-state index in [0.717, 1.165) is 6.61 Å². The molecular weight excluding hydrogens is 260 g/mol. The quantitative estimate of drug-likeness (QED) is 0.348. The second-order valence-corrected chi connectivity index (χ2v) is 6.42. The Morgan fingerprint density at radius 1 is 0.714 bits per heavy atom. The summed E-state index contributed by atoms with van der Waals surface area (Å²) in [6.45, 7) is 6.04. The van der Waals surface area contributed by atoms with Gasteiger partial charge in [0.05, 0.1) is 13.2 Å². The van der Waals surface area contributed by atoms with Crippen LogP contribution in [0.1, 0.15) is 97.3 Å². The zero-order valence-corrected chi connectivity index (χ0v) is 14.7. The average Bonchev–Trinajstić information content (AvgIpc) is 2.50. The second kappa shape index (κ2) is 18.0. The third-order valence-corrected chi connectivity index (χ3v) is 4.27. The highest BCUT2D eigenvalue weighted by molar-refractivity contribution is 4.60. The molecule has 0 saturated carbocycles. The van der Waals surface area contributed by atoms with Crippen molar-refractivity contribution >= 4 is 0 Å². The molecule has 0 spiro atoms. The van der Waals surface area contributed by atoms with E-state index >= 15 is 0 Å². The van der Waals surface area contributed by atoms with Gasteiger partial charge in [-0.1, -0.05) is 84.5 Å². The minimum Gasteiger partial charge on any atom is -0.394 e. The molecule has 0 amide bonds. The predicted octanol–water partition coefficient (Wildman–Crippen LogP) is 5.72. The van der Waals surface area contributed by atoms with Crippen LogP contribution in [-0.2, 0) is 4.74 Å². The topological polar surface area (TPSA) is 29.5 Å². The fraction of sp³-hybridized carbons (Fsp3) is 1.00. The van der Waals surface area contributed by atoms with Crippen LogP contribution in [0.5, 0.6) is 0 Å². The normalized spacial score (nSPS) is 12.7. The van der Waals surface area contributed by atoms with E-state index in [1.54, 1.807) is 0 Å². The van der Waals surface area contributed by atoms with E-state index < -0.39 is 0 Å². The van der Waals surface area contributed by atoms with Crippen molar-refractivity contribution in [1.82, 2.24) is 0 Å². The lowest BCUT2D eigenvalue weighted by Gasteiger charge is -2.17. The summed E-state index contributed by atoms with van der Waals surface area (Å²) in [7, 11) is 0. The summed E-state index contributed by atoms with van der Waals surface area (Å²) in [6, 6.07) is 0. The number of aliphatic hydroxyl groups excluding tert-OH is 1. The first-order valence-electron chi connectivity index (χ1n) is 9.53. The molecule has 0 fully saturated rings.